The molecule has 0 spiro atoms. The van der Waals surface area contributed by atoms with Crippen molar-refractivity contribution in [2.45, 2.75) is 18.4 Å². The lowest BCUT2D eigenvalue weighted by Gasteiger charge is -2.09. The number of ether oxygens (including phenoxy) is 1. The SMILES string of the molecule is COc1ccc(NS(=O)(=O)c2cc(CO)oc2C)cc1Br. The maximum Gasteiger partial charge on any atom is 0.265 e. The van der Waals surface area contributed by atoms with Gasteiger partial charge in [0.05, 0.1) is 17.3 Å². The fourth-order valence-electron chi connectivity index (χ4n) is 1.81. The van der Waals surface area contributed by atoms with E-state index in [1.165, 1.54) is 20.1 Å². The number of methoxy groups -OCH3 is 1. The molecule has 2 N–H and O–H groups in total. The number of halogens is 1. The van der Waals surface area contributed by atoms with Gasteiger partial charge in [0.25, 0.3) is 10.0 Å². The van der Waals surface area contributed by atoms with E-state index in [0.29, 0.717) is 15.9 Å². The van der Waals surface area contributed by atoms with Crippen LogP contribution in [0.1, 0.15) is 11.5 Å². The Balaban J connectivity index is 2.32. The predicted octanol–water partition coefficient (Wildman–Crippen LogP) is 2.65. The summed E-state index contributed by atoms with van der Waals surface area (Å²) in [6.45, 7) is 1.17. The van der Waals surface area contributed by atoms with E-state index in [1.54, 1.807) is 18.2 Å². The minimum absolute atomic E-state index is 0.00140. The van der Waals surface area contributed by atoms with Crippen LogP contribution in [0.5, 0.6) is 5.75 Å². The van der Waals surface area contributed by atoms with Gasteiger partial charge in [-0.3, -0.25) is 4.72 Å². The van der Waals surface area contributed by atoms with E-state index in [4.69, 9.17) is 14.3 Å². The maximum atomic E-state index is 12.3. The van der Waals surface area contributed by atoms with Crippen molar-refractivity contribution in [3.8, 4) is 5.75 Å². The molecule has 0 saturated heterocycles. The number of aliphatic hydroxyl groups is 1. The highest BCUT2D eigenvalue weighted by Gasteiger charge is 2.21. The summed E-state index contributed by atoms with van der Waals surface area (Å²) in [5, 5.41) is 9.00. The minimum Gasteiger partial charge on any atom is -0.496 e. The van der Waals surface area contributed by atoms with Crippen LogP contribution in [0.2, 0.25) is 0 Å². The molecule has 6 nitrogen and oxygen atoms in total. The summed E-state index contributed by atoms with van der Waals surface area (Å²) in [5.74, 6) is 1.02. The molecule has 0 fully saturated rings. The molecule has 8 heteroatoms. The molecule has 21 heavy (non-hydrogen) atoms. The molecule has 0 atom stereocenters. The van der Waals surface area contributed by atoms with Crippen molar-refractivity contribution in [2.75, 3.05) is 11.8 Å². The van der Waals surface area contributed by atoms with E-state index >= 15 is 0 Å². The van der Waals surface area contributed by atoms with Gasteiger partial charge < -0.3 is 14.3 Å². The number of furan rings is 1. The molecule has 0 radical (unpaired) electrons. The van der Waals surface area contributed by atoms with Gasteiger partial charge in [0.15, 0.2) is 0 Å². The zero-order chi connectivity index (χ0) is 15.6. The van der Waals surface area contributed by atoms with Crippen LogP contribution in [0.15, 0.2) is 38.1 Å². The maximum absolute atomic E-state index is 12.3. The van der Waals surface area contributed by atoms with Gasteiger partial charge in [-0.1, -0.05) is 0 Å². The molecule has 0 aliphatic rings. The van der Waals surface area contributed by atoms with Crippen LogP contribution in [0, 0.1) is 6.92 Å². The Labute approximate surface area is 130 Å². The van der Waals surface area contributed by atoms with Crippen LogP contribution >= 0.6 is 15.9 Å². The van der Waals surface area contributed by atoms with Crippen molar-refractivity contribution < 1.29 is 22.7 Å². The summed E-state index contributed by atoms with van der Waals surface area (Å²) < 4.78 is 38.0. The molecule has 114 valence electrons. The fraction of sp³-hybridized carbons (Fsp3) is 0.231. The summed E-state index contributed by atoms with van der Waals surface area (Å²) in [7, 11) is -2.26. The van der Waals surface area contributed by atoms with Gasteiger partial charge >= 0.3 is 0 Å². The topological polar surface area (TPSA) is 88.8 Å². The zero-order valence-corrected chi connectivity index (χ0v) is 13.8. The average Bonchev–Trinajstić information content (AvgIpc) is 2.81. The zero-order valence-electron chi connectivity index (χ0n) is 11.4. The molecule has 1 aromatic heterocycles. The number of hydrogen-bond donors (Lipinski definition) is 2. The molecule has 2 rings (SSSR count). The van der Waals surface area contributed by atoms with Crippen LogP contribution < -0.4 is 9.46 Å². The summed E-state index contributed by atoms with van der Waals surface area (Å²) >= 11 is 3.29. The van der Waals surface area contributed by atoms with E-state index in [2.05, 4.69) is 20.7 Å². The Morgan fingerprint density at radius 3 is 2.62 bits per heavy atom. The predicted molar refractivity (Wildman–Crippen MR) is 80.9 cm³/mol. The number of nitrogens with one attached hydrogen (secondary N) is 1. The van der Waals surface area contributed by atoms with Crippen molar-refractivity contribution >= 4 is 31.6 Å². The smallest absolute Gasteiger partial charge is 0.265 e. The molecule has 0 aliphatic heterocycles. The van der Waals surface area contributed by atoms with Crippen molar-refractivity contribution in [1.29, 1.82) is 0 Å². The highest BCUT2D eigenvalue weighted by Crippen LogP contribution is 2.29. The van der Waals surface area contributed by atoms with Crippen molar-refractivity contribution in [3.63, 3.8) is 0 Å². The van der Waals surface area contributed by atoms with Gasteiger partial charge in [0.1, 0.15) is 28.8 Å². The van der Waals surface area contributed by atoms with Gasteiger partial charge in [-0.2, -0.15) is 0 Å². The van der Waals surface area contributed by atoms with E-state index in [0.717, 1.165) is 0 Å². The average molecular weight is 376 g/mol. The number of anilines is 1. The van der Waals surface area contributed by atoms with Crippen LogP contribution in [0.25, 0.3) is 0 Å². The second kappa shape index (κ2) is 6.08. The van der Waals surface area contributed by atoms with E-state index in [9.17, 15) is 8.42 Å². The largest absolute Gasteiger partial charge is 0.496 e. The van der Waals surface area contributed by atoms with Crippen molar-refractivity contribution in [3.05, 3.63) is 40.3 Å². The molecule has 0 aliphatic carbocycles. The van der Waals surface area contributed by atoms with Gasteiger partial charge in [-0.15, -0.1) is 0 Å². The van der Waals surface area contributed by atoms with Crippen LogP contribution in [0.4, 0.5) is 5.69 Å². The third-order valence-corrected chi connectivity index (χ3v) is 4.88. The fourth-order valence-corrected chi connectivity index (χ4v) is 3.60. The summed E-state index contributed by atoms with van der Waals surface area (Å²) in [6.07, 6.45) is 0. The molecular weight excluding hydrogens is 362 g/mol. The lowest BCUT2D eigenvalue weighted by Crippen LogP contribution is -2.13. The van der Waals surface area contributed by atoms with Gasteiger partial charge in [-0.25, -0.2) is 8.42 Å². The van der Waals surface area contributed by atoms with Crippen LogP contribution in [0.3, 0.4) is 0 Å². The standard InChI is InChI=1S/C13H14BrNO5S/c1-8-13(6-10(7-16)20-8)21(17,18)15-9-3-4-12(19-2)11(14)5-9/h3-6,15-16H,7H2,1-2H3. The van der Waals surface area contributed by atoms with Gasteiger partial charge in [0, 0.05) is 6.07 Å². The Bertz CT molecular complexity index is 754. The first-order valence-corrected chi connectivity index (χ1v) is 8.21. The molecule has 1 heterocycles. The van der Waals surface area contributed by atoms with Crippen LogP contribution in [-0.2, 0) is 16.6 Å². The van der Waals surface area contributed by atoms with Crippen molar-refractivity contribution in [1.82, 2.24) is 0 Å². The van der Waals surface area contributed by atoms with Gasteiger partial charge in [0.2, 0.25) is 0 Å². The lowest BCUT2D eigenvalue weighted by atomic mass is 10.3. The first-order chi connectivity index (χ1) is 9.87. The monoisotopic (exact) mass is 375 g/mol. The Kier molecular flexibility index (Phi) is 4.60. The third kappa shape index (κ3) is 3.39. The third-order valence-electron chi connectivity index (χ3n) is 2.77. The molecule has 0 amide bonds. The lowest BCUT2D eigenvalue weighted by molar-refractivity contribution is 0.245. The molecule has 1 aromatic carbocycles. The molecule has 0 unspecified atom stereocenters. The second-order valence-electron chi connectivity index (χ2n) is 4.25. The van der Waals surface area contributed by atoms with Gasteiger partial charge in [-0.05, 0) is 41.1 Å². The first-order valence-electron chi connectivity index (χ1n) is 5.94. The Morgan fingerprint density at radius 1 is 1.38 bits per heavy atom. The number of sulfonamides is 1. The van der Waals surface area contributed by atoms with Crippen LogP contribution in [-0.4, -0.2) is 20.6 Å². The quantitative estimate of drug-likeness (QED) is 0.838. The van der Waals surface area contributed by atoms with E-state index in [1.807, 2.05) is 0 Å². The Hall–Kier alpha value is -1.51. The number of hydrogen-bond acceptors (Lipinski definition) is 5. The molecule has 2 aromatic rings. The normalized spacial score (nSPS) is 11.4. The highest BCUT2D eigenvalue weighted by molar-refractivity contribution is 9.10. The summed E-state index contributed by atoms with van der Waals surface area (Å²) in [4.78, 5) is -0.00140. The number of rotatable bonds is 5. The molecular formula is C13H14BrNO5S. The molecule has 0 bridgehead atoms. The number of aliphatic hydroxyl groups excluding tert-OH is 1. The minimum atomic E-state index is -3.79. The summed E-state index contributed by atoms with van der Waals surface area (Å²) in [6, 6.07) is 6.13. The Morgan fingerprint density at radius 2 is 2.10 bits per heavy atom. The number of benzene rings is 1. The van der Waals surface area contributed by atoms with E-state index in [-0.39, 0.29) is 23.0 Å². The molecule has 0 saturated carbocycles. The summed E-state index contributed by atoms with van der Waals surface area (Å²) in [5.41, 5.74) is 0.383. The number of aryl methyl sites for hydroxylation is 1. The van der Waals surface area contributed by atoms with Crippen molar-refractivity contribution in [2.24, 2.45) is 0 Å². The second-order valence-corrected chi connectivity index (χ2v) is 6.75. The van der Waals surface area contributed by atoms with E-state index < -0.39 is 10.0 Å². The first kappa shape index (κ1) is 15.9. The highest BCUT2D eigenvalue weighted by atomic mass is 79.9.